The number of aliphatic hydroxyl groups is 1. The first-order valence-corrected chi connectivity index (χ1v) is 8.24. The van der Waals surface area contributed by atoms with Crippen LogP contribution in [-0.4, -0.2) is 24.4 Å². The fourth-order valence-corrected chi connectivity index (χ4v) is 2.89. The van der Waals surface area contributed by atoms with Gasteiger partial charge in [0.1, 0.15) is 0 Å². The van der Waals surface area contributed by atoms with Crippen LogP contribution in [-0.2, 0) is 11.3 Å². The zero-order valence-electron chi connectivity index (χ0n) is 11.0. The molecule has 0 aliphatic rings. The Morgan fingerprint density at radius 1 is 1.19 bits per heavy atom. The van der Waals surface area contributed by atoms with Crippen molar-refractivity contribution in [1.29, 1.82) is 0 Å². The fourth-order valence-electron chi connectivity index (χ4n) is 1.63. The Balaban J connectivity index is 1.76. The molecular weight excluding hydrogens is 353 g/mol. The largest absolute Gasteiger partial charge is 0.389 e. The molecule has 0 saturated carbocycles. The maximum atomic E-state index is 9.87. The van der Waals surface area contributed by atoms with Crippen molar-refractivity contribution in [3.8, 4) is 0 Å². The van der Waals surface area contributed by atoms with E-state index in [1.165, 1.54) is 0 Å². The van der Waals surface area contributed by atoms with E-state index in [9.17, 15) is 5.11 Å². The van der Waals surface area contributed by atoms with Gasteiger partial charge in [-0.25, -0.2) is 0 Å². The second-order valence-electron chi connectivity index (χ2n) is 4.38. The summed E-state index contributed by atoms with van der Waals surface area (Å²) >= 11 is 19.4. The third kappa shape index (κ3) is 5.33. The van der Waals surface area contributed by atoms with Gasteiger partial charge < -0.3 is 15.2 Å². The number of hydrogen-bond acceptors (Lipinski definition) is 4. The van der Waals surface area contributed by atoms with Crippen LogP contribution >= 0.6 is 46.1 Å². The lowest BCUT2D eigenvalue weighted by Crippen LogP contribution is -2.24. The molecule has 1 aromatic heterocycles. The number of aliphatic hydroxyl groups excluding tert-OH is 1. The summed E-state index contributed by atoms with van der Waals surface area (Å²) in [6.45, 7) is 1.05. The highest BCUT2D eigenvalue weighted by molar-refractivity contribution is 7.09. The molecule has 0 bridgehead atoms. The first-order valence-electron chi connectivity index (χ1n) is 6.23. The van der Waals surface area contributed by atoms with Crippen LogP contribution in [0.4, 0.5) is 5.69 Å². The van der Waals surface area contributed by atoms with E-state index in [2.05, 4.69) is 5.32 Å². The van der Waals surface area contributed by atoms with Crippen LogP contribution in [0.25, 0.3) is 0 Å². The van der Waals surface area contributed by atoms with E-state index in [1.54, 1.807) is 23.5 Å². The number of halogens is 3. The Kier molecular flexibility index (Phi) is 6.61. The van der Waals surface area contributed by atoms with Crippen LogP contribution in [0.3, 0.4) is 0 Å². The summed E-state index contributed by atoms with van der Waals surface area (Å²) < 4.78 is 5.44. The molecule has 1 heterocycles. The Labute approximate surface area is 142 Å². The molecule has 7 heteroatoms. The van der Waals surface area contributed by atoms with E-state index in [0.717, 1.165) is 4.88 Å². The van der Waals surface area contributed by atoms with Crippen molar-refractivity contribution in [1.82, 2.24) is 0 Å². The number of ether oxygens (including phenoxy) is 1. The molecule has 114 valence electrons. The van der Waals surface area contributed by atoms with E-state index >= 15 is 0 Å². The van der Waals surface area contributed by atoms with Gasteiger partial charge in [0.05, 0.1) is 40.1 Å². The van der Waals surface area contributed by atoms with Gasteiger partial charge in [0, 0.05) is 11.4 Å². The van der Waals surface area contributed by atoms with Gasteiger partial charge in [-0.2, -0.15) is 0 Å². The summed E-state index contributed by atoms with van der Waals surface area (Å²) in [4.78, 5) is 1.13. The highest BCUT2D eigenvalue weighted by Gasteiger charge is 2.09. The highest BCUT2D eigenvalue weighted by atomic mass is 35.5. The van der Waals surface area contributed by atoms with E-state index in [1.807, 2.05) is 17.5 Å². The predicted molar refractivity (Wildman–Crippen MR) is 89.9 cm³/mol. The van der Waals surface area contributed by atoms with E-state index < -0.39 is 6.10 Å². The normalized spacial score (nSPS) is 12.4. The second kappa shape index (κ2) is 8.22. The van der Waals surface area contributed by atoms with Crippen LogP contribution in [0.15, 0.2) is 29.6 Å². The van der Waals surface area contributed by atoms with Crippen LogP contribution < -0.4 is 5.32 Å². The smallest absolute Gasteiger partial charge is 0.0945 e. The molecular formula is C14H14Cl3NO2S. The first kappa shape index (κ1) is 16.9. The zero-order valence-corrected chi connectivity index (χ0v) is 14.1. The second-order valence-corrected chi connectivity index (χ2v) is 6.63. The molecule has 3 nitrogen and oxygen atoms in total. The molecule has 1 unspecified atom stereocenters. The predicted octanol–water partition coefficient (Wildman–Crippen LogP) is 4.70. The van der Waals surface area contributed by atoms with E-state index in [4.69, 9.17) is 39.5 Å². The summed E-state index contributed by atoms with van der Waals surface area (Å²) in [5.74, 6) is 0. The molecule has 21 heavy (non-hydrogen) atoms. The topological polar surface area (TPSA) is 41.5 Å². The summed E-state index contributed by atoms with van der Waals surface area (Å²) in [5.41, 5.74) is 0.628. The molecule has 0 aliphatic carbocycles. The maximum Gasteiger partial charge on any atom is 0.0945 e. The van der Waals surface area contributed by atoms with Crippen LogP contribution in [0.2, 0.25) is 15.1 Å². The lowest BCUT2D eigenvalue weighted by molar-refractivity contribution is 0.0359. The van der Waals surface area contributed by atoms with Crippen molar-refractivity contribution in [3.63, 3.8) is 0 Å². The number of nitrogens with one attached hydrogen (secondary N) is 1. The summed E-state index contributed by atoms with van der Waals surface area (Å²) in [5, 5.41) is 16.1. The fraction of sp³-hybridized carbons (Fsp3) is 0.286. The van der Waals surface area contributed by atoms with Crippen molar-refractivity contribution in [2.45, 2.75) is 12.7 Å². The number of anilines is 1. The van der Waals surface area contributed by atoms with Gasteiger partial charge in [-0.05, 0) is 23.6 Å². The molecule has 1 atom stereocenters. The number of benzene rings is 1. The van der Waals surface area contributed by atoms with Gasteiger partial charge in [-0.15, -0.1) is 11.3 Å². The monoisotopic (exact) mass is 365 g/mol. The molecule has 0 spiro atoms. The molecule has 0 amide bonds. The highest BCUT2D eigenvalue weighted by Crippen LogP contribution is 2.32. The molecule has 2 N–H and O–H groups in total. The maximum absolute atomic E-state index is 9.87. The molecule has 1 aromatic carbocycles. The van der Waals surface area contributed by atoms with Crippen molar-refractivity contribution in [2.24, 2.45) is 0 Å². The van der Waals surface area contributed by atoms with Gasteiger partial charge in [-0.1, -0.05) is 40.9 Å². The molecule has 2 rings (SSSR count). The number of thiophene rings is 1. The molecule has 0 aliphatic heterocycles. The summed E-state index contributed by atoms with van der Waals surface area (Å²) in [6, 6.07) is 7.15. The first-order chi connectivity index (χ1) is 10.1. The van der Waals surface area contributed by atoms with Gasteiger partial charge in [0.15, 0.2) is 0 Å². The minimum Gasteiger partial charge on any atom is -0.389 e. The standard InChI is InChI=1S/C14H14Cl3NO2S/c15-11-4-13(17)14(5-12(11)16)18-6-9(19)7-20-8-10-2-1-3-21-10/h1-5,9,18-19H,6-8H2. The van der Waals surface area contributed by atoms with E-state index in [0.29, 0.717) is 33.9 Å². The molecule has 0 fully saturated rings. The lowest BCUT2D eigenvalue weighted by atomic mass is 10.3. The Morgan fingerprint density at radius 2 is 1.95 bits per heavy atom. The van der Waals surface area contributed by atoms with E-state index in [-0.39, 0.29) is 6.61 Å². The molecule has 2 aromatic rings. The van der Waals surface area contributed by atoms with Gasteiger partial charge in [-0.3, -0.25) is 0 Å². The van der Waals surface area contributed by atoms with Crippen molar-refractivity contribution in [3.05, 3.63) is 49.6 Å². The van der Waals surface area contributed by atoms with Crippen molar-refractivity contribution < 1.29 is 9.84 Å². The third-order valence-electron chi connectivity index (χ3n) is 2.67. The van der Waals surface area contributed by atoms with Crippen LogP contribution in [0.1, 0.15) is 4.88 Å². The number of hydrogen-bond donors (Lipinski definition) is 2. The van der Waals surface area contributed by atoms with Crippen LogP contribution in [0.5, 0.6) is 0 Å². The van der Waals surface area contributed by atoms with Crippen molar-refractivity contribution in [2.75, 3.05) is 18.5 Å². The molecule has 0 radical (unpaired) electrons. The average Bonchev–Trinajstić information content (AvgIpc) is 2.94. The van der Waals surface area contributed by atoms with Crippen LogP contribution in [0, 0.1) is 0 Å². The minimum absolute atomic E-state index is 0.240. The lowest BCUT2D eigenvalue weighted by Gasteiger charge is -2.14. The SMILES string of the molecule is OC(CNc1cc(Cl)c(Cl)cc1Cl)COCc1cccs1. The number of rotatable bonds is 7. The molecule has 0 saturated heterocycles. The Hall–Kier alpha value is -0.490. The quantitative estimate of drug-likeness (QED) is 0.698. The third-order valence-corrected chi connectivity index (χ3v) is 4.56. The van der Waals surface area contributed by atoms with Crippen molar-refractivity contribution >= 4 is 51.8 Å². The average molecular weight is 367 g/mol. The summed E-state index contributed by atoms with van der Waals surface area (Å²) in [6.07, 6.45) is -0.643. The summed E-state index contributed by atoms with van der Waals surface area (Å²) in [7, 11) is 0. The van der Waals surface area contributed by atoms with Gasteiger partial charge in [0.2, 0.25) is 0 Å². The minimum atomic E-state index is -0.643. The van der Waals surface area contributed by atoms with Gasteiger partial charge >= 0.3 is 0 Å². The van der Waals surface area contributed by atoms with Gasteiger partial charge in [0.25, 0.3) is 0 Å². The Bertz CT molecular complexity index is 578. The zero-order chi connectivity index (χ0) is 15.2. The Morgan fingerprint density at radius 3 is 2.67 bits per heavy atom.